The second-order valence-corrected chi connectivity index (χ2v) is 5.72. The largest absolute Gasteiger partial charge is 0.497 e. The number of hydrogen-bond donors (Lipinski definition) is 2. The molecule has 0 radical (unpaired) electrons. The fraction of sp³-hybridized carbons (Fsp3) is 0.278. The van der Waals surface area contributed by atoms with E-state index in [2.05, 4.69) is 10.6 Å². The van der Waals surface area contributed by atoms with Crippen LogP contribution in [0.15, 0.2) is 48.5 Å². The lowest BCUT2D eigenvalue weighted by molar-refractivity contribution is -0.120. The minimum absolute atomic E-state index is 0.0402. The fourth-order valence-electron chi connectivity index (χ4n) is 2.12. The first-order valence-corrected chi connectivity index (χ1v) is 7.85. The van der Waals surface area contributed by atoms with Crippen LogP contribution in [-0.2, 0) is 11.3 Å². The lowest BCUT2D eigenvalue weighted by Crippen LogP contribution is -2.34. The number of benzene rings is 2. The van der Waals surface area contributed by atoms with E-state index in [1.165, 1.54) is 0 Å². The van der Waals surface area contributed by atoms with E-state index < -0.39 is 0 Å². The number of amides is 1. The van der Waals surface area contributed by atoms with Crippen LogP contribution in [0.2, 0.25) is 5.02 Å². The van der Waals surface area contributed by atoms with Crippen molar-refractivity contribution in [3.05, 3.63) is 64.7 Å². The van der Waals surface area contributed by atoms with Crippen molar-refractivity contribution in [2.24, 2.45) is 0 Å². The number of rotatable bonds is 7. The van der Waals surface area contributed by atoms with E-state index in [0.717, 1.165) is 16.9 Å². The summed E-state index contributed by atoms with van der Waals surface area (Å²) in [5.41, 5.74) is 2.13. The second kappa shape index (κ2) is 8.56. The smallest absolute Gasteiger partial charge is 0.234 e. The van der Waals surface area contributed by atoms with E-state index in [0.29, 0.717) is 11.6 Å². The van der Waals surface area contributed by atoms with Gasteiger partial charge in [0.05, 0.1) is 13.7 Å². The van der Waals surface area contributed by atoms with Crippen molar-refractivity contribution in [2.45, 2.75) is 19.5 Å². The van der Waals surface area contributed by atoms with Gasteiger partial charge in [-0.25, -0.2) is 0 Å². The number of halogens is 1. The summed E-state index contributed by atoms with van der Waals surface area (Å²) in [6.45, 7) is 2.78. The lowest BCUT2D eigenvalue weighted by atomic mass is 10.1. The van der Waals surface area contributed by atoms with E-state index in [1.54, 1.807) is 7.11 Å². The Bertz CT molecular complexity index is 626. The molecule has 0 aliphatic carbocycles. The van der Waals surface area contributed by atoms with Gasteiger partial charge in [-0.15, -0.1) is 0 Å². The third kappa shape index (κ3) is 5.58. The molecule has 2 rings (SSSR count). The summed E-state index contributed by atoms with van der Waals surface area (Å²) in [5.74, 6) is 0.764. The van der Waals surface area contributed by atoms with Crippen LogP contribution in [0, 0.1) is 0 Å². The molecule has 0 saturated heterocycles. The molecule has 0 saturated carbocycles. The molecule has 1 atom stereocenters. The molecule has 5 heteroatoms. The molecule has 1 amide bonds. The molecule has 2 N–H and O–H groups in total. The maximum atomic E-state index is 11.9. The first-order chi connectivity index (χ1) is 11.1. The maximum Gasteiger partial charge on any atom is 0.234 e. The molecule has 122 valence electrons. The van der Waals surface area contributed by atoms with Gasteiger partial charge in [0.1, 0.15) is 5.75 Å². The van der Waals surface area contributed by atoms with E-state index in [4.69, 9.17) is 16.3 Å². The Labute approximate surface area is 141 Å². The van der Waals surface area contributed by atoms with Crippen molar-refractivity contribution in [1.29, 1.82) is 0 Å². The molecule has 0 spiro atoms. The number of nitrogens with one attached hydrogen (secondary N) is 2. The van der Waals surface area contributed by atoms with Crippen LogP contribution in [0.1, 0.15) is 24.1 Å². The van der Waals surface area contributed by atoms with Crippen LogP contribution < -0.4 is 15.4 Å². The molecule has 23 heavy (non-hydrogen) atoms. The van der Waals surface area contributed by atoms with Crippen LogP contribution in [0.5, 0.6) is 5.75 Å². The molecule has 0 unspecified atom stereocenters. The normalized spacial score (nSPS) is 11.8. The zero-order valence-electron chi connectivity index (χ0n) is 13.3. The van der Waals surface area contributed by atoms with Gasteiger partial charge in [0.15, 0.2) is 0 Å². The Balaban J connectivity index is 1.74. The standard InChI is InChI=1S/C18H21ClN2O2/c1-13(15-5-7-16(19)8-6-15)20-12-18(22)21-11-14-3-9-17(23-2)10-4-14/h3-10,13,20H,11-12H2,1-2H3,(H,21,22)/t13-/m0/s1. The summed E-state index contributed by atoms with van der Waals surface area (Å²) < 4.78 is 5.10. The Morgan fingerprint density at radius 3 is 2.39 bits per heavy atom. The van der Waals surface area contributed by atoms with Crippen molar-refractivity contribution in [3.8, 4) is 5.75 Å². The first kappa shape index (κ1) is 17.3. The van der Waals surface area contributed by atoms with Crippen molar-refractivity contribution in [1.82, 2.24) is 10.6 Å². The first-order valence-electron chi connectivity index (χ1n) is 7.47. The number of carbonyl (C=O) groups is 1. The van der Waals surface area contributed by atoms with Crippen molar-refractivity contribution in [3.63, 3.8) is 0 Å². The molecular formula is C18H21ClN2O2. The highest BCUT2D eigenvalue weighted by atomic mass is 35.5. The van der Waals surface area contributed by atoms with Gasteiger partial charge in [-0.05, 0) is 42.3 Å². The summed E-state index contributed by atoms with van der Waals surface area (Å²) >= 11 is 5.87. The predicted octanol–water partition coefficient (Wildman–Crippen LogP) is 3.32. The van der Waals surface area contributed by atoms with Gasteiger partial charge in [0.2, 0.25) is 5.91 Å². The van der Waals surface area contributed by atoms with Crippen LogP contribution in [0.4, 0.5) is 0 Å². The zero-order valence-corrected chi connectivity index (χ0v) is 14.1. The number of hydrogen-bond acceptors (Lipinski definition) is 3. The van der Waals surface area contributed by atoms with Gasteiger partial charge in [0.25, 0.3) is 0 Å². The third-order valence-corrected chi connectivity index (χ3v) is 3.84. The van der Waals surface area contributed by atoms with E-state index in [9.17, 15) is 4.79 Å². The molecule has 0 heterocycles. The average molecular weight is 333 g/mol. The van der Waals surface area contributed by atoms with Crippen LogP contribution in [-0.4, -0.2) is 19.6 Å². The summed E-state index contributed by atoms with van der Waals surface area (Å²) in [4.78, 5) is 11.9. The Hall–Kier alpha value is -2.04. The van der Waals surface area contributed by atoms with Gasteiger partial charge < -0.3 is 15.4 Å². The van der Waals surface area contributed by atoms with E-state index in [1.807, 2.05) is 55.5 Å². The minimum atomic E-state index is -0.0402. The molecule has 0 aliphatic rings. The molecule has 2 aromatic rings. The SMILES string of the molecule is COc1ccc(CNC(=O)CN[C@@H](C)c2ccc(Cl)cc2)cc1. The Morgan fingerprint density at radius 1 is 1.13 bits per heavy atom. The highest BCUT2D eigenvalue weighted by Crippen LogP contribution is 2.15. The average Bonchev–Trinajstić information content (AvgIpc) is 2.59. The number of carbonyl (C=O) groups excluding carboxylic acids is 1. The quantitative estimate of drug-likeness (QED) is 0.817. The Kier molecular flexibility index (Phi) is 6.44. The number of methoxy groups -OCH3 is 1. The van der Waals surface area contributed by atoms with E-state index >= 15 is 0 Å². The Morgan fingerprint density at radius 2 is 1.78 bits per heavy atom. The monoisotopic (exact) mass is 332 g/mol. The predicted molar refractivity (Wildman–Crippen MR) is 92.7 cm³/mol. The molecule has 0 aromatic heterocycles. The molecule has 4 nitrogen and oxygen atoms in total. The van der Waals surface area contributed by atoms with Gasteiger partial charge in [-0.3, -0.25) is 4.79 Å². The van der Waals surface area contributed by atoms with Crippen LogP contribution >= 0.6 is 11.6 Å². The molecule has 0 aliphatic heterocycles. The van der Waals surface area contributed by atoms with Crippen molar-refractivity contribution >= 4 is 17.5 Å². The molecule has 0 bridgehead atoms. The second-order valence-electron chi connectivity index (χ2n) is 5.28. The molecule has 0 fully saturated rings. The highest BCUT2D eigenvalue weighted by Gasteiger charge is 2.07. The summed E-state index contributed by atoms with van der Waals surface area (Å²) in [7, 11) is 1.63. The van der Waals surface area contributed by atoms with Gasteiger partial charge in [-0.1, -0.05) is 35.9 Å². The van der Waals surface area contributed by atoms with E-state index in [-0.39, 0.29) is 18.5 Å². The highest BCUT2D eigenvalue weighted by molar-refractivity contribution is 6.30. The van der Waals surface area contributed by atoms with Crippen molar-refractivity contribution < 1.29 is 9.53 Å². The van der Waals surface area contributed by atoms with Crippen LogP contribution in [0.3, 0.4) is 0 Å². The topological polar surface area (TPSA) is 50.4 Å². The minimum Gasteiger partial charge on any atom is -0.497 e. The summed E-state index contributed by atoms with van der Waals surface area (Å²) in [5, 5.41) is 6.79. The fourth-order valence-corrected chi connectivity index (χ4v) is 2.25. The van der Waals surface area contributed by atoms with Gasteiger partial charge >= 0.3 is 0 Å². The third-order valence-electron chi connectivity index (χ3n) is 3.59. The maximum absolute atomic E-state index is 11.9. The lowest BCUT2D eigenvalue weighted by Gasteiger charge is -2.14. The molecular weight excluding hydrogens is 312 g/mol. The van der Waals surface area contributed by atoms with Crippen molar-refractivity contribution in [2.75, 3.05) is 13.7 Å². The number of ether oxygens (including phenoxy) is 1. The summed E-state index contributed by atoms with van der Waals surface area (Å²) in [6.07, 6.45) is 0. The summed E-state index contributed by atoms with van der Waals surface area (Å²) in [6, 6.07) is 15.3. The van der Waals surface area contributed by atoms with Gasteiger partial charge in [-0.2, -0.15) is 0 Å². The van der Waals surface area contributed by atoms with Gasteiger partial charge in [0, 0.05) is 17.6 Å². The van der Waals surface area contributed by atoms with Crippen LogP contribution in [0.25, 0.3) is 0 Å². The molecule has 2 aromatic carbocycles. The zero-order chi connectivity index (χ0) is 16.7.